The number of nitrogens with one attached hydrogen (secondary N) is 2. The fourth-order valence-electron chi connectivity index (χ4n) is 5.41. The third kappa shape index (κ3) is 3.46. The summed E-state index contributed by atoms with van der Waals surface area (Å²) in [6.45, 7) is 8.09. The summed E-state index contributed by atoms with van der Waals surface area (Å²) in [5.41, 5.74) is 0.409. The normalized spacial score (nSPS) is 34.4. The smallest absolute Gasteiger partial charge is 0.191 e. The SMILES string of the molecule is C=CCN1CCC(NC(=NC)NC2C3CCOC3C23CCC3)CC1.I. The summed E-state index contributed by atoms with van der Waals surface area (Å²) in [6.07, 6.45) is 10.1. The molecule has 4 fully saturated rings. The van der Waals surface area contributed by atoms with E-state index >= 15 is 0 Å². The summed E-state index contributed by atoms with van der Waals surface area (Å²) >= 11 is 0. The Morgan fingerprint density at radius 2 is 2.04 bits per heavy atom. The van der Waals surface area contributed by atoms with E-state index < -0.39 is 0 Å². The van der Waals surface area contributed by atoms with Crippen LogP contribution < -0.4 is 10.6 Å². The molecule has 0 bridgehead atoms. The molecule has 142 valence electrons. The van der Waals surface area contributed by atoms with Crippen molar-refractivity contribution in [1.82, 2.24) is 15.5 Å². The maximum atomic E-state index is 6.03. The molecule has 3 atom stereocenters. The maximum absolute atomic E-state index is 6.03. The molecule has 0 radical (unpaired) electrons. The van der Waals surface area contributed by atoms with Gasteiger partial charge >= 0.3 is 0 Å². The van der Waals surface area contributed by atoms with E-state index in [1.165, 1.54) is 38.5 Å². The fraction of sp³-hybridized carbons (Fsp3) is 0.842. The largest absolute Gasteiger partial charge is 0.377 e. The molecule has 3 unspecified atom stereocenters. The summed E-state index contributed by atoms with van der Waals surface area (Å²) in [6, 6.07) is 1.09. The lowest BCUT2D eigenvalue weighted by Gasteiger charge is -2.63. The molecule has 2 saturated carbocycles. The molecular weight excluding hydrogens is 427 g/mol. The molecule has 2 aliphatic heterocycles. The van der Waals surface area contributed by atoms with Gasteiger partial charge in [-0.25, -0.2) is 0 Å². The molecule has 0 aromatic rings. The number of likely N-dealkylation sites (tertiary alicyclic amines) is 1. The molecule has 2 heterocycles. The van der Waals surface area contributed by atoms with Crippen LogP contribution in [-0.4, -0.2) is 62.3 Å². The summed E-state index contributed by atoms with van der Waals surface area (Å²) in [7, 11) is 1.90. The Kier molecular flexibility index (Phi) is 6.31. The van der Waals surface area contributed by atoms with Crippen molar-refractivity contribution >= 4 is 29.9 Å². The molecule has 4 rings (SSSR count). The van der Waals surface area contributed by atoms with Gasteiger partial charge in [0.05, 0.1) is 6.10 Å². The van der Waals surface area contributed by atoms with Crippen molar-refractivity contribution in [3.63, 3.8) is 0 Å². The molecule has 25 heavy (non-hydrogen) atoms. The molecule has 2 aliphatic carbocycles. The van der Waals surface area contributed by atoms with Gasteiger partial charge in [-0.2, -0.15) is 0 Å². The first-order valence-corrected chi connectivity index (χ1v) is 9.71. The molecule has 4 aliphatic rings. The number of hydrogen-bond acceptors (Lipinski definition) is 3. The number of rotatable bonds is 4. The summed E-state index contributed by atoms with van der Waals surface area (Å²) in [4.78, 5) is 6.99. The van der Waals surface area contributed by atoms with Crippen LogP contribution >= 0.6 is 24.0 Å². The van der Waals surface area contributed by atoms with Crippen LogP contribution in [0.1, 0.15) is 38.5 Å². The molecule has 0 aromatic carbocycles. The van der Waals surface area contributed by atoms with E-state index in [4.69, 9.17) is 4.74 Å². The first-order valence-electron chi connectivity index (χ1n) is 9.71. The Bertz CT molecular complexity index is 500. The summed E-state index contributed by atoms with van der Waals surface area (Å²) < 4.78 is 6.03. The van der Waals surface area contributed by atoms with E-state index in [-0.39, 0.29) is 24.0 Å². The number of guanidine groups is 1. The molecule has 1 spiro atoms. The van der Waals surface area contributed by atoms with E-state index in [0.29, 0.717) is 29.5 Å². The first-order chi connectivity index (χ1) is 11.8. The number of aliphatic imine (C=N–C) groups is 1. The van der Waals surface area contributed by atoms with Crippen molar-refractivity contribution in [1.29, 1.82) is 0 Å². The molecule has 6 heteroatoms. The highest BCUT2D eigenvalue weighted by Gasteiger charge is 2.66. The minimum absolute atomic E-state index is 0. The average Bonchev–Trinajstić information content (AvgIpc) is 2.97. The van der Waals surface area contributed by atoms with Crippen molar-refractivity contribution in [2.24, 2.45) is 16.3 Å². The molecule has 2 N–H and O–H groups in total. The van der Waals surface area contributed by atoms with Crippen LogP contribution in [-0.2, 0) is 4.74 Å². The van der Waals surface area contributed by atoms with Crippen LogP contribution in [0.2, 0.25) is 0 Å². The third-order valence-electron chi connectivity index (χ3n) is 6.87. The molecular formula is C19H33IN4O. The second-order valence-corrected chi connectivity index (χ2v) is 8.03. The lowest BCUT2D eigenvalue weighted by atomic mass is 9.46. The maximum Gasteiger partial charge on any atom is 0.191 e. The fourth-order valence-corrected chi connectivity index (χ4v) is 5.41. The van der Waals surface area contributed by atoms with Crippen molar-refractivity contribution in [3.8, 4) is 0 Å². The van der Waals surface area contributed by atoms with Crippen molar-refractivity contribution in [2.45, 2.75) is 56.7 Å². The number of fused-ring (bicyclic) bond motifs is 2. The highest BCUT2D eigenvalue weighted by molar-refractivity contribution is 14.0. The van der Waals surface area contributed by atoms with Crippen molar-refractivity contribution < 1.29 is 4.74 Å². The van der Waals surface area contributed by atoms with E-state index in [2.05, 4.69) is 27.1 Å². The summed E-state index contributed by atoms with van der Waals surface area (Å²) in [5, 5.41) is 7.46. The molecule has 0 aromatic heterocycles. The van der Waals surface area contributed by atoms with E-state index in [0.717, 1.165) is 32.2 Å². The molecule has 5 nitrogen and oxygen atoms in total. The standard InChI is InChI=1S/C19H32N4O.HI/c1-3-10-23-11-5-14(6-12-23)21-18(20-2)22-16-15-7-13-24-17(15)19(16)8-4-9-19;/h3,14-17H,1,4-13H2,2H3,(H2,20,21,22);1H. The monoisotopic (exact) mass is 460 g/mol. The van der Waals surface area contributed by atoms with Gasteiger partial charge in [-0.1, -0.05) is 12.5 Å². The van der Waals surface area contributed by atoms with Crippen LogP contribution in [0.25, 0.3) is 0 Å². The number of halogens is 1. The Labute approximate surface area is 169 Å². The van der Waals surface area contributed by atoms with Gasteiger partial charge in [-0.05, 0) is 32.1 Å². The van der Waals surface area contributed by atoms with Crippen LogP contribution in [0.3, 0.4) is 0 Å². The minimum Gasteiger partial charge on any atom is -0.377 e. The van der Waals surface area contributed by atoms with Crippen LogP contribution in [0.4, 0.5) is 0 Å². The van der Waals surface area contributed by atoms with E-state index in [1.807, 2.05) is 13.1 Å². The highest BCUT2D eigenvalue weighted by atomic mass is 127. The van der Waals surface area contributed by atoms with Crippen molar-refractivity contribution in [2.75, 3.05) is 33.3 Å². The zero-order valence-corrected chi connectivity index (χ0v) is 17.7. The Morgan fingerprint density at radius 3 is 2.64 bits per heavy atom. The zero-order valence-electron chi connectivity index (χ0n) is 15.4. The van der Waals surface area contributed by atoms with E-state index in [9.17, 15) is 0 Å². The predicted molar refractivity (Wildman–Crippen MR) is 113 cm³/mol. The topological polar surface area (TPSA) is 48.9 Å². The molecule has 2 saturated heterocycles. The van der Waals surface area contributed by atoms with Crippen LogP contribution in [0.5, 0.6) is 0 Å². The zero-order chi connectivity index (χ0) is 16.6. The van der Waals surface area contributed by atoms with Crippen LogP contribution in [0.15, 0.2) is 17.6 Å². The quantitative estimate of drug-likeness (QED) is 0.293. The average molecular weight is 460 g/mol. The van der Waals surface area contributed by atoms with Gasteiger partial charge in [0.2, 0.25) is 0 Å². The minimum atomic E-state index is 0. The number of piperidine rings is 1. The second-order valence-electron chi connectivity index (χ2n) is 8.03. The Morgan fingerprint density at radius 1 is 1.28 bits per heavy atom. The predicted octanol–water partition coefficient (Wildman–Crippen LogP) is 2.38. The number of nitrogens with zero attached hydrogens (tertiary/aromatic N) is 2. The highest BCUT2D eigenvalue weighted by Crippen LogP contribution is 2.62. The van der Waals surface area contributed by atoms with E-state index in [1.54, 1.807) is 0 Å². The van der Waals surface area contributed by atoms with Gasteiger partial charge in [0.25, 0.3) is 0 Å². The second kappa shape index (κ2) is 8.13. The Balaban J connectivity index is 0.00000182. The summed E-state index contributed by atoms with van der Waals surface area (Å²) in [5.74, 6) is 1.69. The van der Waals surface area contributed by atoms with Gasteiger partial charge in [0.15, 0.2) is 5.96 Å². The van der Waals surface area contributed by atoms with Gasteiger partial charge < -0.3 is 15.4 Å². The number of hydrogen-bond donors (Lipinski definition) is 2. The first kappa shape index (κ1) is 19.4. The van der Waals surface area contributed by atoms with Crippen molar-refractivity contribution in [3.05, 3.63) is 12.7 Å². The van der Waals surface area contributed by atoms with Gasteiger partial charge in [-0.15, -0.1) is 30.6 Å². The molecule has 0 amide bonds. The van der Waals surface area contributed by atoms with Gasteiger partial charge in [0.1, 0.15) is 0 Å². The van der Waals surface area contributed by atoms with Gasteiger partial charge in [0, 0.05) is 56.7 Å². The number of ether oxygens (including phenoxy) is 1. The lowest BCUT2D eigenvalue weighted by Crippen LogP contribution is -2.72. The van der Waals surface area contributed by atoms with Gasteiger partial charge in [-0.3, -0.25) is 9.89 Å². The van der Waals surface area contributed by atoms with Crippen LogP contribution in [0, 0.1) is 11.3 Å². The lowest BCUT2D eigenvalue weighted by molar-refractivity contribution is -0.171. The Hall–Kier alpha value is -0.340. The third-order valence-corrected chi connectivity index (χ3v) is 6.87.